The van der Waals surface area contributed by atoms with Crippen molar-refractivity contribution in [3.63, 3.8) is 0 Å². The highest BCUT2D eigenvalue weighted by molar-refractivity contribution is 5.85. The van der Waals surface area contributed by atoms with Crippen molar-refractivity contribution < 1.29 is 27.2 Å². The molecular weight excluding hydrogens is 314 g/mol. The van der Waals surface area contributed by atoms with Crippen molar-refractivity contribution in [2.75, 3.05) is 0 Å². The molecular formula is C16H17F4NO2. The normalized spacial score (nSPS) is 23.4. The van der Waals surface area contributed by atoms with E-state index in [1.165, 1.54) is 0 Å². The van der Waals surface area contributed by atoms with Crippen molar-refractivity contribution in [2.24, 2.45) is 11.8 Å². The molecule has 0 unspecified atom stereocenters. The molecule has 1 N–H and O–H groups in total. The van der Waals surface area contributed by atoms with Crippen LogP contribution in [0, 0.1) is 17.7 Å². The topological polar surface area (TPSA) is 46.2 Å². The number of halogens is 4. The van der Waals surface area contributed by atoms with Crippen LogP contribution in [0.3, 0.4) is 0 Å². The summed E-state index contributed by atoms with van der Waals surface area (Å²) in [6.07, 6.45) is -4.04. The second-order valence-corrected chi connectivity index (χ2v) is 5.90. The highest BCUT2D eigenvalue weighted by Crippen LogP contribution is 2.34. The Morgan fingerprint density at radius 2 is 1.87 bits per heavy atom. The first-order valence-corrected chi connectivity index (χ1v) is 7.32. The zero-order chi connectivity index (χ0) is 17.2. The first kappa shape index (κ1) is 17.4. The van der Waals surface area contributed by atoms with Gasteiger partial charge in [0.15, 0.2) is 6.04 Å². The summed E-state index contributed by atoms with van der Waals surface area (Å²) in [7, 11) is 0. The molecule has 1 fully saturated rings. The van der Waals surface area contributed by atoms with Gasteiger partial charge < -0.3 is 5.32 Å². The molecule has 126 valence electrons. The van der Waals surface area contributed by atoms with Crippen LogP contribution in [0.2, 0.25) is 0 Å². The van der Waals surface area contributed by atoms with E-state index in [9.17, 15) is 27.2 Å². The molecule has 23 heavy (non-hydrogen) atoms. The van der Waals surface area contributed by atoms with E-state index < -0.39 is 29.9 Å². The number of rotatable bonds is 3. The minimum atomic E-state index is -4.69. The Morgan fingerprint density at radius 3 is 2.39 bits per heavy atom. The Bertz CT molecular complexity index is 583. The lowest BCUT2D eigenvalue weighted by Crippen LogP contribution is -2.44. The lowest BCUT2D eigenvalue weighted by atomic mass is 9.79. The highest BCUT2D eigenvalue weighted by atomic mass is 19.4. The number of carbonyl (C=O) groups excluding carboxylic acids is 2. The second-order valence-electron chi connectivity index (χ2n) is 5.90. The smallest absolute Gasteiger partial charge is 0.341 e. The molecule has 1 aliphatic rings. The maximum Gasteiger partial charge on any atom is 0.412 e. The molecule has 1 saturated carbocycles. The summed E-state index contributed by atoms with van der Waals surface area (Å²) in [6, 6.07) is 1.65. The van der Waals surface area contributed by atoms with Crippen molar-refractivity contribution in [2.45, 2.75) is 38.4 Å². The van der Waals surface area contributed by atoms with Gasteiger partial charge in [0.1, 0.15) is 11.6 Å². The minimum Gasteiger partial charge on any atom is -0.341 e. The van der Waals surface area contributed by atoms with Crippen LogP contribution in [0.4, 0.5) is 17.6 Å². The fourth-order valence-electron chi connectivity index (χ4n) is 2.85. The summed E-state index contributed by atoms with van der Waals surface area (Å²) in [6.45, 7) is 1.68. The SMILES string of the molecule is C[C@@H]1CC(=O)CC[C@H]1C(=O)N[C@H](c1ccc(F)cc1)C(F)(F)F. The molecule has 1 aliphatic carbocycles. The quantitative estimate of drug-likeness (QED) is 0.861. The molecule has 0 saturated heterocycles. The molecule has 3 nitrogen and oxygen atoms in total. The van der Waals surface area contributed by atoms with Gasteiger partial charge in [-0.05, 0) is 30.0 Å². The zero-order valence-electron chi connectivity index (χ0n) is 12.5. The highest BCUT2D eigenvalue weighted by Gasteiger charge is 2.43. The van der Waals surface area contributed by atoms with Crippen molar-refractivity contribution >= 4 is 11.7 Å². The van der Waals surface area contributed by atoms with E-state index in [1.807, 2.05) is 5.32 Å². The van der Waals surface area contributed by atoms with Crippen LogP contribution in [-0.2, 0) is 9.59 Å². The molecule has 1 amide bonds. The van der Waals surface area contributed by atoms with Gasteiger partial charge >= 0.3 is 6.18 Å². The Balaban J connectivity index is 2.16. The van der Waals surface area contributed by atoms with Gasteiger partial charge in [-0.2, -0.15) is 13.2 Å². The number of hydrogen-bond donors (Lipinski definition) is 1. The number of nitrogens with one attached hydrogen (secondary N) is 1. The predicted octanol–water partition coefficient (Wildman–Crippen LogP) is 3.55. The molecule has 0 aromatic heterocycles. The van der Waals surface area contributed by atoms with E-state index in [0.29, 0.717) is 0 Å². The maximum atomic E-state index is 13.2. The summed E-state index contributed by atoms with van der Waals surface area (Å²) < 4.78 is 52.6. The van der Waals surface area contributed by atoms with Crippen LogP contribution < -0.4 is 5.32 Å². The first-order valence-electron chi connectivity index (χ1n) is 7.32. The van der Waals surface area contributed by atoms with Gasteiger partial charge in [0.05, 0.1) is 0 Å². The summed E-state index contributed by atoms with van der Waals surface area (Å²) in [5, 5.41) is 2.01. The fraction of sp³-hybridized carbons (Fsp3) is 0.500. The molecule has 0 spiro atoms. The average molecular weight is 331 g/mol. The van der Waals surface area contributed by atoms with Crippen molar-refractivity contribution in [3.8, 4) is 0 Å². The monoisotopic (exact) mass is 331 g/mol. The molecule has 0 aliphatic heterocycles. The van der Waals surface area contributed by atoms with Gasteiger partial charge in [-0.25, -0.2) is 4.39 Å². The van der Waals surface area contributed by atoms with E-state index in [2.05, 4.69) is 0 Å². The molecule has 3 atom stereocenters. The lowest BCUT2D eigenvalue weighted by molar-refractivity contribution is -0.165. The maximum absolute atomic E-state index is 13.2. The van der Waals surface area contributed by atoms with Crippen LogP contribution >= 0.6 is 0 Å². The van der Waals surface area contributed by atoms with Crippen LogP contribution in [-0.4, -0.2) is 17.9 Å². The summed E-state index contributed by atoms with van der Waals surface area (Å²) >= 11 is 0. The molecule has 1 aromatic rings. The van der Waals surface area contributed by atoms with Gasteiger partial charge in [0, 0.05) is 18.8 Å². The van der Waals surface area contributed by atoms with Gasteiger partial charge in [0.25, 0.3) is 0 Å². The summed E-state index contributed by atoms with van der Waals surface area (Å²) in [5.41, 5.74) is -0.230. The third-order valence-corrected chi connectivity index (χ3v) is 4.12. The molecule has 0 bridgehead atoms. The van der Waals surface area contributed by atoms with Crippen LogP contribution in [0.1, 0.15) is 37.8 Å². The van der Waals surface area contributed by atoms with Gasteiger partial charge in [0.2, 0.25) is 5.91 Å². The van der Waals surface area contributed by atoms with E-state index in [4.69, 9.17) is 0 Å². The predicted molar refractivity (Wildman–Crippen MR) is 74.9 cm³/mol. The number of hydrogen-bond acceptors (Lipinski definition) is 2. The third kappa shape index (κ3) is 4.30. The van der Waals surface area contributed by atoms with Crippen LogP contribution in [0.25, 0.3) is 0 Å². The third-order valence-electron chi connectivity index (χ3n) is 4.12. The minimum absolute atomic E-state index is 0.0208. The molecule has 0 heterocycles. The Labute approximate surface area is 131 Å². The van der Waals surface area contributed by atoms with Crippen molar-refractivity contribution in [1.29, 1.82) is 0 Å². The van der Waals surface area contributed by atoms with Gasteiger partial charge in [-0.15, -0.1) is 0 Å². The Kier molecular flexibility index (Phi) is 5.06. The lowest BCUT2D eigenvalue weighted by Gasteiger charge is -2.30. The molecule has 7 heteroatoms. The van der Waals surface area contributed by atoms with Gasteiger partial charge in [-0.1, -0.05) is 19.1 Å². The largest absolute Gasteiger partial charge is 0.412 e. The zero-order valence-corrected chi connectivity index (χ0v) is 12.5. The number of alkyl halides is 3. The van der Waals surface area contributed by atoms with Crippen LogP contribution in [0.5, 0.6) is 0 Å². The molecule has 1 aromatic carbocycles. The van der Waals surface area contributed by atoms with Crippen LogP contribution in [0.15, 0.2) is 24.3 Å². The first-order chi connectivity index (χ1) is 10.7. The average Bonchev–Trinajstić information content (AvgIpc) is 2.44. The number of Topliss-reactive ketones (excluding diaryl/α,β-unsaturated/α-hetero) is 1. The standard InChI is InChI=1S/C16H17F4NO2/c1-9-8-12(22)6-7-13(9)15(23)21-14(16(18,19)20)10-2-4-11(17)5-3-10/h2-5,9,13-14H,6-8H2,1H3,(H,21,23)/t9-,13-,14-/m1/s1. The van der Waals surface area contributed by atoms with E-state index in [1.54, 1.807) is 6.92 Å². The van der Waals surface area contributed by atoms with Gasteiger partial charge in [-0.3, -0.25) is 9.59 Å². The Morgan fingerprint density at radius 1 is 1.26 bits per heavy atom. The summed E-state index contributed by atoms with van der Waals surface area (Å²) in [5.74, 6) is -2.28. The fourth-order valence-corrected chi connectivity index (χ4v) is 2.85. The van der Waals surface area contributed by atoms with E-state index >= 15 is 0 Å². The van der Waals surface area contributed by atoms with E-state index in [-0.39, 0.29) is 36.5 Å². The Hall–Kier alpha value is -1.92. The summed E-state index contributed by atoms with van der Waals surface area (Å²) in [4.78, 5) is 23.5. The number of carbonyl (C=O) groups is 2. The molecule has 2 rings (SSSR count). The number of benzene rings is 1. The number of amides is 1. The number of ketones is 1. The van der Waals surface area contributed by atoms with E-state index in [0.717, 1.165) is 24.3 Å². The van der Waals surface area contributed by atoms with Crippen molar-refractivity contribution in [1.82, 2.24) is 5.32 Å². The van der Waals surface area contributed by atoms with Crippen molar-refractivity contribution in [3.05, 3.63) is 35.6 Å². The molecule has 0 radical (unpaired) electrons. The second kappa shape index (κ2) is 6.68.